The molecule has 1 atom stereocenters. The van der Waals surface area contributed by atoms with E-state index in [0.29, 0.717) is 16.6 Å². The highest BCUT2D eigenvalue weighted by Gasteiger charge is 2.23. The molecule has 0 aliphatic heterocycles. The molecule has 0 aliphatic rings. The zero-order valence-electron chi connectivity index (χ0n) is 15.0. The van der Waals surface area contributed by atoms with Crippen molar-refractivity contribution in [2.24, 2.45) is 0 Å². The van der Waals surface area contributed by atoms with Gasteiger partial charge in [-0.15, -0.1) is 0 Å². The van der Waals surface area contributed by atoms with Gasteiger partial charge in [0.15, 0.2) is 0 Å². The summed E-state index contributed by atoms with van der Waals surface area (Å²) in [6.07, 6.45) is 5.12. The number of amides is 1. The third-order valence-corrected chi connectivity index (χ3v) is 4.49. The second kappa shape index (κ2) is 7.22. The van der Waals surface area contributed by atoms with Crippen molar-refractivity contribution in [3.63, 3.8) is 0 Å². The summed E-state index contributed by atoms with van der Waals surface area (Å²) in [6.45, 7) is -1.12. The molecule has 0 aliphatic carbocycles. The fraction of sp³-hybridized carbons (Fsp3) is 0.150. The van der Waals surface area contributed by atoms with Crippen LogP contribution in [-0.2, 0) is 0 Å². The Morgan fingerprint density at radius 3 is 2.54 bits per heavy atom. The number of hydrogen-bond donors (Lipinski definition) is 1. The second-order valence-corrected chi connectivity index (χ2v) is 6.32. The molecule has 4 aromatic rings. The molecule has 1 N–H and O–H groups in total. The summed E-state index contributed by atoms with van der Waals surface area (Å²) in [6, 6.07) is 12.9. The van der Waals surface area contributed by atoms with Crippen molar-refractivity contribution in [2.45, 2.75) is 19.5 Å². The van der Waals surface area contributed by atoms with Crippen LogP contribution in [0.3, 0.4) is 0 Å². The minimum Gasteiger partial charge on any atom is -0.342 e. The topological polar surface area (TPSA) is 64.7 Å². The van der Waals surface area contributed by atoms with Crippen LogP contribution in [0.4, 0.5) is 8.78 Å². The van der Waals surface area contributed by atoms with E-state index >= 15 is 0 Å². The van der Waals surface area contributed by atoms with Crippen molar-refractivity contribution < 1.29 is 13.6 Å². The zero-order chi connectivity index (χ0) is 19.7. The Kier molecular flexibility index (Phi) is 4.60. The average molecular weight is 381 g/mol. The number of rotatable bonds is 5. The Labute approximate surface area is 159 Å². The highest BCUT2D eigenvalue weighted by Crippen LogP contribution is 2.26. The lowest BCUT2D eigenvalue weighted by molar-refractivity contribution is 0.0688. The number of aromatic nitrogens is 4. The molecule has 2 heterocycles. The third kappa shape index (κ3) is 3.24. The van der Waals surface area contributed by atoms with Crippen LogP contribution in [0.15, 0.2) is 67.3 Å². The Morgan fingerprint density at radius 2 is 1.86 bits per heavy atom. The molecule has 0 radical (unpaired) electrons. The summed E-state index contributed by atoms with van der Waals surface area (Å²) in [5.41, 5.74) is 2.08. The number of alkyl halides is 2. The van der Waals surface area contributed by atoms with Gasteiger partial charge >= 0.3 is 6.55 Å². The standard InChI is InChI=1S/C20H17F2N5O/c1-13(18-25-16-4-2-3-5-17(16)27(18)20(21)22)24-19(28)14-6-8-15(9-7-14)26-11-10-23-12-26/h2-13,20H,1H3,(H,24,28). The van der Waals surface area contributed by atoms with Crippen molar-refractivity contribution in [1.82, 2.24) is 24.4 Å². The van der Waals surface area contributed by atoms with Gasteiger partial charge in [0.2, 0.25) is 0 Å². The summed E-state index contributed by atoms with van der Waals surface area (Å²) in [5.74, 6) is -0.253. The maximum Gasteiger partial charge on any atom is 0.320 e. The van der Waals surface area contributed by atoms with Crippen LogP contribution in [0.1, 0.15) is 35.7 Å². The average Bonchev–Trinajstić information content (AvgIpc) is 3.36. The van der Waals surface area contributed by atoms with Crippen molar-refractivity contribution in [3.8, 4) is 5.69 Å². The Hall–Kier alpha value is -3.55. The molecule has 1 unspecified atom stereocenters. The first-order valence-electron chi connectivity index (χ1n) is 8.69. The zero-order valence-corrected chi connectivity index (χ0v) is 15.0. The van der Waals surface area contributed by atoms with Gasteiger partial charge in [-0.2, -0.15) is 8.78 Å². The van der Waals surface area contributed by atoms with Crippen LogP contribution in [-0.4, -0.2) is 25.0 Å². The van der Waals surface area contributed by atoms with E-state index in [4.69, 9.17) is 0 Å². The fourth-order valence-electron chi connectivity index (χ4n) is 3.11. The van der Waals surface area contributed by atoms with Gasteiger partial charge in [-0.1, -0.05) is 12.1 Å². The van der Waals surface area contributed by atoms with E-state index < -0.39 is 12.6 Å². The number of hydrogen-bond acceptors (Lipinski definition) is 3. The largest absolute Gasteiger partial charge is 0.342 e. The van der Waals surface area contributed by atoms with Crippen LogP contribution >= 0.6 is 0 Å². The van der Waals surface area contributed by atoms with Gasteiger partial charge in [0, 0.05) is 23.6 Å². The first-order valence-corrected chi connectivity index (χ1v) is 8.69. The van der Waals surface area contributed by atoms with Crippen LogP contribution in [0.2, 0.25) is 0 Å². The fourth-order valence-corrected chi connectivity index (χ4v) is 3.11. The van der Waals surface area contributed by atoms with E-state index in [-0.39, 0.29) is 11.7 Å². The van der Waals surface area contributed by atoms with Crippen molar-refractivity contribution in [3.05, 3.63) is 78.6 Å². The molecule has 4 rings (SSSR count). The van der Waals surface area contributed by atoms with E-state index in [9.17, 15) is 13.6 Å². The molecule has 2 aromatic carbocycles. The van der Waals surface area contributed by atoms with Crippen molar-refractivity contribution >= 4 is 16.9 Å². The van der Waals surface area contributed by atoms with Gasteiger partial charge < -0.3 is 9.88 Å². The van der Waals surface area contributed by atoms with Crippen molar-refractivity contribution in [2.75, 3.05) is 0 Å². The van der Waals surface area contributed by atoms with Gasteiger partial charge in [-0.25, -0.2) is 9.97 Å². The summed E-state index contributed by atoms with van der Waals surface area (Å²) in [7, 11) is 0. The molecular formula is C20H17F2N5O. The molecule has 0 spiro atoms. The van der Waals surface area contributed by atoms with E-state index in [0.717, 1.165) is 10.3 Å². The Bertz CT molecular complexity index is 1100. The summed E-state index contributed by atoms with van der Waals surface area (Å²) >= 11 is 0. The SMILES string of the molecule is CC(NC(=O)c1ccc(-n2ccnc2)cc1)c1nc2ccccc2n1C(F)F. The number of carbonyl (C=O) groups is 1. The highest BCUT2D eigenvalue weighted by atomic mass is 19.3. The molecule has 142 valence electrons. The number of para-hydroxylation sites is 2. The number of halogens is 2. The van der Waals surface area contributed by atoms with Crippen LogP contribution < -0.4 is 5.32 Å². The maximum atomic E-state index is 13.6. The normalized spacial score (nSPS) is 12.4. The van der Waals surface area contributed by atoms with E-state index in [1.165, 1.54) is 0 Å². The molecule has 2 aromatic heterocycles. The lowest BCUT2D eigenvalue weighted by Gasteiger charge is -2.16. The minimum absolute atomic E-state index is 0.111. The number of carbonyl (C=O) groups excluding carboxylic acids is 1. The highest BCUT2D eigenvalue weighted by molar-refractivity contribution is 5.94. The van der Waals surface area contributed by atoms with Gasteiger partial charge in [0.05, 0.1) is 23.4 Å². The van der Waals surface area contributed by atoms with Gasteiger partial charge in [0.1, 0.15) is 5.82 Å². The molecule has 0 saturated heterocycles. The van der Waals surface area contributed by atoms with E-state index in [1.54, 1.807) is 74.2 Å². The lowest BCUT2D eigenvalue weighted by Crippen LogP contribution is -2.28. The molecule has 8 heteroatoms. The van der Waals surface area contributed by atoms with E-state index in [1.807, 2.05) is 4.57 Å². The van der Waals surface area contributed by atoms with Crippen LogP contribution in [0.5, 0.6) is 0 Å². The van der Waals surface area contributed by atoms with Gasteiger partial charge in [-0.3, -0.25) is 9.36 Å². The first kappa shape index (κ1) is 17.8. The second-order valence-electron chi connectivity index (χ2n) is 6.32. The summed E-state index contributed by atoms with van der Waals surface area (Å²) < 4.78 is 29.9. The number of fused-ring (bicyclic) bond motifs is 1. The molecule has 0 fully saturated rings. The lowest BCUT2D eigenvalue weighted by atomic mass is 10.1. The van der Waals surface area contributed by atoms with Gasteiger partial charge in [-0.05, 0) is 43.3 Å². The minimum atomic E-state index is -2.75. The first-order chi connectivity index (χ1) is 13.5. The third-order valence-electron chi connectivity index (χ3n) is 4.49. The Morgan fingerprint density at radius 1 is 1.11 bits per heavy atom. The number of imidazole rings is 2. The number of benzene rings is 2. The molecule has 0 saturated carbocycles. The summed E-state index contributed by atoms with van der Waals surface area (Å²) in [5, 5.41) is 2.75. The number of nitrogens with zero attached hydrogens (tertiary/aromatic N) is 4. The smallest absolute Gasteiger partial charge is 0.320 e. The monoisotopic (exact) mass is 381 g/mol. The number of nitrogens with one attached hydrogen (secondary N) is 1. The predicted molar refractivity (Wildman–Crippen MR) is 100 cm³/mol. The van der Waals surface area contributed by atoms with E-state index in [2.05, 4.69) is 15.3 Å². The van der Waals surface area contributed by atoms with Crippen molar-refractivity contribution in [1.29, 1.82) is 0 Å². The molecule has 1 amide bonds. The summed E-state index contributed by atoms with van der Waals surface area (Å²) in [4.78, 5) is 20.8. The van der Waals surface area contributed by atoms with Crippen LogP contribution in [0, 0.1) is 0 Å². The van der Waals surface area contributed by atoms with Crippen LogP contribution in [0.25, 0.3) is 16.7 Å². The molecule has 6 nitrogen and oxygen atoms in total. The Balaban J connectivity index is 1.56. The molecule has 28 heavy (non-hydrogen) atoms. The van der Waals surface area contributed by atoms with Gasteiger partial charge in [0.25, 0.3) is 5.91 Å². The predicted octanol–water partition coefficient (Wildman–Crippen LogP) is 4.11. The molecule has 0 bridgehead atoms. The maximum absolute atomic E-state index is 13.6. The molecular weight excluding hydrogens is 364 g/mol. The quantitative estimate of drug-likeness (QED) is 0.566.